The maximum Gasteiger partial charge on any atom is 0.227 e. The Hall–Kier alpha value is -2.10. The molecule has 0 aliphatic heterocycles. The molecule has 1 aromatic heterocycles. The van der Waals surface area contributed by atoms with Gasteiger partial charge in [-0.05, 0) is 30.9 Å². The largest absolute Gasteiger partial charge is 0.496 e. The Morgan fingerprint density at radius 2 is 2.26 bits per heavy atom. The summed E-state index contributed by atoms with van der Waals surface area (Å²) in [5.41, 5.74) is 0.863. The van der Waals surface area contributed by atoms with E-state index in [9.17, 15) is 0 Å². The van der Waals surface area contributed by atoms with Crippen molar-refractivity contribution in [3.63, 3.8) is 0 Å². The van der Waals surface area contributed by atoms with Crippen LogP contribution in [0.15, 0.2) is 40.9 Å². The molecule has 0 bridgehead atoms. The first kappa shape index (κ1) is 12.0. The van der Waals surface area contributed by atoms with Crippen LogP contribution in [-0.4, -0.2) is 17.3 Å². The second kappa shape index (κ2) is 5.26. The third-order valence-corrected chi connectivity index (χ3v) is 3.37. The van der Waals surface area contributed by atoms with Crippen LogP contribution in [0.25, 0.3) is 11.4 Å². The lowest BCUT2D eigenvalue weighted by Crippen LogP contribution is -1.97. The van der Waals surface area contributed by atoms with Gasteiger partial charge in [0.05, 0.1) is 12.7 Å². The number of benzene rings is 1. The molecule has 1 aliphatic carbocycles. The molecule has 3 rings (SSSR count). The Kier molecular flexibility index (Phi) is 3.31. The van der Waals surface area contributed by atoms with Gasteiger partial charge in [0.1, 0.15) is 5.75 Å². The van der Waals surface area contributed by atoms with Gasteiger partial charge in [0.2, 0.25) is 11.7 Å². The maximum atomic E-state index is 5.33. The van der Waals surface area contributed by atoms with Crippen molar-refractivity contribution < 1.29 is 9.26 Å². The summed E-state index contributed by atoms with van der Waals surface area (Å²) in [6.45, 7) is 0. The zero-order valence-corrected chi connectivity index (χ0v) is 10.9. The lowest BCUT2D eigenvalue weighted by Gasteiger charge is -2.03. The molecule has 1 aliphatic rings. The number of para-hydroxylation sites is 1. The molecule has 98 valence electrons. The Morgan fingerprint density at radius 3 is 3.05 bits per heavy atom. The standard InChI is InChI=1S/C15H16N2O2/c1-18-13-9-5-4-8-12(13)15-16-14(19-17-15)10-11-6-2-3-7-11/h2,4-6,8-9,11H,3,7,10H2,1H3/t11-/m0/s1. The first-order valence-corrected chi connectivity index (χ1v) is 6.49. The van der Waals surface area contributed by atoms with E-state index in [0.29, 0.717) is 17.6 Å². The fourth-order valence-electron chi connectivity index (χ4n) is 2.37. The van der Waals surface area contributed by atoms with Gasteiger partial charge in [-0.1, -0.05) is 29.4 Å². The minimum atomic E-state index is 0.533. The van der Waals surface area contributed by atoms with Crippen LogP contribution in [-0.2, 0) is 6.42 Å². The highest BCUT2D eigenvalue weighted by Gasteiger charge is 2.16. The minimum Gasteiger partial charge on any atom is -0.496 e. The molecule has 0 unspecified atom stereocenters. The molecule has 1 aromatic carbocycles. The lowest BCUT2D eigenvalue weighted by molar-refractivity contribution is 0.363. The molecule has 4 heteroatoms. The highest BCUT2D eigenvalue weighted by molar-refractivity contribution is 5.63. The number of methoxy groups -OCH3 is 1. The average molecular weight is 256 g/mol. The quantitative estimate of drug-likeness (QED) is 0.788. The van der Waals surface area contributed by atoms with Crippen LogP contribution in [0.3, 0.4) is 0 Å². The number of nitrogens with zero attached hydrogens (tertiary/aromatic N) is 2. The van der Waals surface area contributed by atoms with Gasteiger partial charge in [-0.25, -0.2) is 0 Å². The zero-order chi connectivity index (χ0) is 13.1. The number of aromatic nitrogens is 2. The predicted molar refractivity (Wildman–Crippen MR) is 71.9 cm³/mol. The number of allylic oxidation sites excluding steroid dienone is 2. The molecule has 19 heavy (non-hydrogen) atoms. The van der Waals surface area contributed by atoms with Gasteiger partial charge in [-0.2, -0.15) is 4.98 Å². The van der Waals surface area contributed by atoms with E-state index in [1.165, 1.54) is 6.42 Å². The highest BCUT2D eigenvalue weighted by Crippen LogP contribution is 2.28. The monoisotopic (exact) mass is 256 g/mol. The van der Waals surface area contributed by atoms with Crippen LogP contribution in [0, 0.1) is 5.92 Å². The van der Waals surface area contributed by atoms with E-state index in [-0.39, 0.29) is 0 Å². The number of hydrogen-bond acceptors (Lipinski definition) is 4. The lowest BCUT2D eigenvalue weighted by atomic mass is 10.1. The topological polar surface area (TPSA) is 48.2 Å². The van der Waals surface area contributed by atoms with Crippen LogP contribution in [0.4, 0.5) is 0 Å². The molecule has 0 saturated carbocycles. The Morgan fingerprint density at radius 1 is 1.37 bits per heavy atom. The van der Waals surface area contributed by atoms with E-state index in [0.717, 1.165) is 24.2 Å². The van der Waals surface area contributed by atoms with E-state index >= 15 is 0 Å². The fraction of sp³-hybridized carbons (Fsp3) is 0.333. The summed E-state index contributed by atoms with van der Waals surface area (Å²) in [5, 5.41) is 4.05. The first-order chi connectivity index (χ1) is 9.36. The van der Waals surface area contributed by atoms with Crippen molar-refractivity contribution in [2.24, 2.45) is 5.92 Å². The number of ether oxygens (including phenoxy) is 1. The molecule has 1 atom stereocenters. The zero-order valence-electron chi connectivity index (χ0n) is 10.9. The van der Waals surface area contributed by atoms with E-state index in [2.05, 4.69) is 22.3 Å². The van der Waals surface area contributed by atoms with E-state index in [4.69, 9.17) is 9.26 Å². The molecule has 0 amide bonds. The summed E-state index contributed by atoms with van der Waals surface area (Å²) in [6.07, 6.45) is 7.58. The van der Waals surface area contributed by atoms with Crippen molar-refractivity contribution in [1.29, 1.82) is 0 Å². The van der Waals surface area contributed by atoms with E-state index in [1.807, 2.05) is 24.3 Å². The van der Waals surface area contributed by atoms with Crippen molar-refractivity contribution in [3.05, 3.63) is 42.3 Å². The summed E-state index contributed by atoms with van der Waals surface area (Å²) in [7, 11) is 1.64. The molecule has 0 N–H and O–H groups in total. The second-order valence-electron chi connectivity index (χ2n) is 4.68. The third-order valence-electron chi connectivity index (χ3n) is 3.37. The van der Waals surface area contributed by atoms with E-state index in [1.54, 1.807) is 7.11 Å². The Labute approximate surface area is 112 Å². The molecular formula is C15H16N2O2. The normalized spacial score (nSPS) is 17.8. The molecule has 0 radical (unpaired) electrons. The third kappa shape index (κ3) is 2.52. The summed E-state index contributed by atoms with van der Waals surface area (Å²) in [5.74, 6) is 2.58. The first-order valence-electron chi connectivity index (χ1n) is 6.49. The molecule has 2 aromatic rings. The number of rotatable bonds is 4. The molecule has 0 fully saturated rings. The van der Waals surface area contributed by atoms with Gasteiger partial charge in [0.25, 0.3) is 0 Å². The summed E-state index contributed by atoms with van der Waals surface area (Å²) in [6, 6.07) is 7.69. The van der Waals surface area contributed by atoms with Gasteiger partial charge in [-0.3, -0.25) is 0 Å². The molecule has 1 heterocycles. The van der Waals surface area contributed by atoms with Gasteiger partial charge in [0.15, 0.2) is 0 Å². The summed E-state index contributed by atoms with van der Waals surface area (Å²) in [4.78, 5) is 4.46. The Balaban J connectivity index is 1.82. The van der Waals surface area contributed by atoms with Crippen molar-refractivity contribution >= 4 is 0 Å². The van der Waals surface area contributed by atoms with Crippen molar-refractivity contribution in [2.45, 2.75) is 19.3 Å². The van der Waals surface area contributed by atoms with Gasteiger partial charge >= 0.3 is 0 Å². The van der Waals surface area contributed by atoms with Crippen LogP contribution >= 0.6 is 0 Å². The van der Waals surface area contributed by atoms with E-state index < -0.39 is 0 Å². The fourth-order valence-corrected chi connectivity index (χ4v) is 2.37. The number of hydrogen-bond donors (Lipinski definition) is 0. The Bertz CT molecular complexity index is 589. The van der Waals surface area contributed by atoms with Gasteiger partial charge in [-0.15, -0.1) is 0 Å². The van der Waals surface area contributed by atoms with Crippen LogP contribution < -0.4 is 4.74 Å². The maximum absolute atomic E-state index is 5.33. The van der Waals surface area contributed by atoms with Crippen molar-refractivity contribution in [1.82, 2.24) is 10.1 Å². The second-order valence-corrected chi connectivity index (χ2v) is 4.68. The molecular weight excluding hydrogens is 240 g/mol. The highest BCUT2D eigenvalue weighted by atomic mass is 16.5. The summed E-state index contributed by atoms with van der Waals surface area (Å²) < 4.78 is 10.6. The van der Waals surface area contributed by atoms with Crippen LogP contribution in [0.2, 0.25) is 0 Å². The van der Waals surface area contributed by atoms with Crippen LogP contribution in [0.1, 0.15) is 18.7 Å². The van der Waals surface area contributed by atoms with Gasteiger partial charge in [0, 0.05) is 6.42 Å². The van der Waals surface area contributed by atoms with Crippen LogP contribution in [0.5, 0.6) is 5.75 Å². The summed E-state index contributed by atoms with van der Waals surface area (Å²) >= 11 is 0. The molecule has 0 spiro atoms. The smallest absolute Gasteiger partial charge is 0.227 e. The molecule has 0 saturated heterocycles. The van der Waals surface area contributed by atoms with Gasteiger partial charge < -0.3 is 9.26 Å². The average Bonchev–Trinajstić information content (AvgIpc) is 3.11. The minimum absolute atomic E-state index is 0.533. The van der Waals surface area contributed by atoms with Crippen molar-refractivity contribution in [3.8, 4) is 17.1 Å². The predicted octanol–water partition coefficient (Wildman–Crippen LogP) is 3.25. The molecule has 4 nitrogen and oxygen atoms in total. The SMILES string of the molecule is COc1ccccc1-c1noc(C[C@H]2C=CCC2)n1. The van der Waals surface area contributed by atoms with Crippen molar-refractivity contribution in [2.75, 3.05) is 7.11 Å².